The highest BCUT2D eigenvalue weighted by molar-refractivity contribution is 5.80. The van der Waals surface area contributed by atoms with Crippen LogP contribution in [0.2, 0.25) is 0 Å². The Hall–Kier alpha value is -0.570. The van der Waals surface area contributed by atoms with Crippen molar-refractivity contribution in [3.8, 4) is 0 Å². The summed E-state index contributed by atoms with van der Waals surface area (Å²) in [6.45, 7) is 5.28. The van der Waals surface area contributed by atoms with Gasteiger partial charge in [0.25, 0.3) is 0 Å². The zero-order valence-corrected chi connectivity index (χ0v) is 11.2. The Morgan fingerprint density at radius 3 is 2.53 bits per heavy atom. The fraction of sp³-hybridized carbons (Fsp3) is 0.929. The van der Waals surface area contributed by atoms with E-state index in [2.05, 4.69) is 24.5 Å². The molecule has 2 fully saturated rings. The highest BCUT2D eigenvalue weighted by Crippen LogP contribution is 2.26. The molecule has 3 atom stereocenters. The molecule has 0 radical (unpaired) electrons. The minimum Gasteiger partial charge on any atom is -0.353 e. The van der Waals surface area contributed by atoms with Crippen LogP contribution >= 0.6 is 0 Å². The molecule has 2 aliphatic rings. The summed E-state index contributed by atoms with van der Waals surface area (Å²) in [6, 6.07) is 0.698. The van der Waals surface area contributed by atoms with Crippen LogP contribution in [0.15, 0.2) is 0 Å². The van der Waals surface area contributed by atoms with Crippen LogP contribution in [0.4, 0.5) is 0 Å². The summed E-state index contributed by atoms with van der Waals surface area (Å²) in [6.07, 6.45) is 7.63. The van der Waals surface area contributed by atoms with E-state index in [0.717, 1.165) is 13.0 Å². The summed E-state index contributed by atoms with van der Waals surface area (Å²) < 4.78 is 0. The molecule has 0 aromatic heterocycles. The number of amides is 1. The van der Waals surface area contributed by atoms with Crippen LogP contribution in [0.1, 0.15) is 52.4 Å². The number of nitrogens with one attached hydrogen (secondary N) is 2. The quantitative estimate of drug-likeness (QED) is 0.790. The number of carbonyl (C=O) groups excluding carboxylic acids is 1. The number of rotatable bonds is 3. The first kappa shape index (κ1) is 12.9. The lowest BCUT2D eigenvalue weighted by Crippen LogP contribution is -2.44. The van der Waals surface area contributed by atoms with Crippen LogP contribution in [0.5, 0.6) is 0 Å². The predicted molar refractivity (Wildman–Crippen MR) is 69.8 cm³/mol. The van der Waals surface area contributed by atoms with Crippen molar-refractivity contribution in [1.82, 2.24) is 10.6 Å². The third-order valence-electron chi connectivity index (χ3n) is 4.59. The van der Waals surface area contributed by atoms with E-state index in [1.165, 1.54) is 32.1 Å². The second kappa shape index (κ2) is 5.85. The Bertz CT molecular complexity index is 261. The molecule has 3 nitrogen and oxygen atoms in total. The summed E-state index contributed by atoms with van der Waals surface area (Å²) in [5.41, 5.74) is 0. The van der Waals surface area contributed by atoms with Gasteiger partial charge >= 0.3 is 0 Å². The maximum atomic E-state index is 12.2. The van der Waals surface area contributed by atoms with E-state index in [0.29, 0.717) is 18.0 Å². The first-order valence-corrected chi connectivity index (χ1v) is 7.22. The molecule has 1 aliphatic carbocycles. The van der Waals surface area contributed by atoms with Crippen molar-refractivity contribution < 1.29 is 4.79 Å². The van der Waals surface area contributed by atoms with Gasteiger partial charge in [0.15, 0.2) is 0 Å². The largest absolute Gasteiger partial charge is 0.353 e. The third-order valence-corrected chi connectivity index (χ3v) is 4.59. The van der Waals surface area contributed by atoms with E-state index >= 15 is 0 Å². The molecule has 3 heteroatoms. The van der Waals surface area contributed by atoms with Gasteiger partial charge in [0, 0.05) is 12.1 Å². The average Bonchev–Trinajstić information content (AvgIpc) is 2.76. The van der Waals surface area contributed by atoms with Gasteiger partial charge in [-0.2, -0.15) is 0 Å². The minimum absolute atomic E-state index is 0.182. The minimum atomic E-state index is 0.182. The summed E-state index contributed by atoms with van der Waals surface area (Å²) in [5, 5.41) is 6.59. The van der Waals surface area contributed by atoms with E-state index in [1.54, 1.807) is 0 Å². The molecule has 1 heterocycles. The predicted octanol–water partition coefficient (Wildman–Crippen LogP) is 2.07. The molecule has 0 aromatic rings. The smallest absolute Gasteiger partial charge is 0.224 e. The highest BCUT2D eigenvalue weighted by Gasteiger charge is 2.31. The molecule has 0 aromatic carbocycles. The number of carbonyl (C=O) groups is 1. The SMILES string of the molecule is CC(NC(=O)C1CCNC1C)C1CCCCC1. The van der Waals surface area contributed by atoms with Crippen LogP contribution in [0, 0.1) is 11.8 Å². The monoisotopic (exact) mass is 238 g/mol. The topological polar surface area (TPSA) is 41.1 Å². The van der Waals surface area contributed by atoms with Crippen molar-refractivity contribution in [2.45, 2.75) is 64.5 Å². The molecule has 0 spiro atoms. The van der Waals surface area contributed by atoms with E-state index < -0.39 is 0 Å². The summed E-state index contributed by atoms with van der Waals surface area (Å²) in [5.74, 6) is 1.15. The molecular formula is C14H26N2O. The molecule has 2 rings (SSSR count). The van der Waals surface area contributed by atoms with Gasteiger partial charge in [0.2, 0.25) is 5.91 Å². The van der Waals surface area contributed by atoms with Crippen molar-refractivity contribution in [3.63, 3.8) is 0 Å². The molecule has 1 amide bonds. The number of hydrogen-bond donors (Lipinski definition) is 2. The highest BCUT2D eigenvalue weighted by atomic mass is 16.2. The molecule has 1 aliphatic heterocycles. The fourth-order valence-electron chi connectivity index (χ4n) is 3.30. The van der Waals surface area contributed by atoms with Crippen molar-refractivity contribution in [1.29, 1.82) is 0 Å². The fourth-order valence-corrected chi connectivity index (χ4v) is 3.30. The summed E-state index contributed by atoms with van der Waals surface area (Å²) in [4.78, 5) is 12.2. The molecule has 2 N–H and O–H groups in total. The lowest BCUT2D eigenvalue weighted by atomic mass is 9.84. The van der Waals surface area contributed by atoms with Crippen molar-refractivity contribution >= 4 is 5.91 Å². The molecule has 3 unspecified atom stereocenters. The first-order valence-electron chi connectivity index (χ1n) is 7.22. The Labute approximate surface area is 105 Å². The van der Waals surface area contributed by atoms with E-state index in [4.69, 9.17) is 0 Å². The van der Waals surface area contributed by atoms with Gasteiger partial charge < -0.3 is 10.6 Å². The second-order valence-electron chi connectivity index (χ2n) is 5.83. The van der Waals surface area contributed by atoms with Gasteiger partial charge in [0.05, 0.1) is 5.92 Å². The van der Waals surface area contributed by atoms with Gasteiger partial charge in [0.1, 0.15) is 0 Å². The van der Waals surface area contributed by atoms with Crippen molar-refractivity contribution in [3.05, 3.63) is 0 Å². The standard InChI is InChI=1S/C14H26N2O/c1-10(12-6-4-3-5-7-12)16-14(17)13-8-9-15-11(13)2/h10-13,15H,3-9H2,1-2H3,(H,16,17). The maximum Gasteiger partial charge on any atom is 0.224 e. The molecular weight excluding hydrogens is 212 g/mol. The Kier molecular flexibility index (Phi) is 4.43. The Balaban J connectivity index is 1.80. The normalized spacial score (nSPS) is 32.4. The van der Waals surface area contributed by atoms with Gasteiger partial charge in [-0.25, -0.2) is 0 Å². The molecule has 98 valence electrons. The van der Waals surface area contributed by atoms with Crippen LogP contribution in [-0.2, 0) is 4.79 Å². The molecule has 17 heavy (non-hydrogen) atoms. The Morgan fingerprint density at radius 1 is 1.24 bits per heavy atom. The first-order chi connectivity index (χ1) is 8.18. The van der Waals surface area contributed by atoms with Crippen molar-refractivity contribution in [2.75, 3.05) is 6.54 Å². The average molecular weight is 238 g/mol. The van der Waals surface area contributed by atoms with Crippen LogP contribution in [0.25, 0.3) is 0 Å². The lowest BCUT2D eigenvalue weighted by Gasteiger charge is -2.29. The van der Waals surface area contributed by atoms with Crippen LogP contribution in [-0.4, -0.2) is 24.5 Å². The van der Waals surface area contributed by atoms with E-state index in [9.17, 15) is 4.79 Å². The third kappa shape index (κ3) is 3.21. The van der Waals surface area contributed by atoms with Gasteiger partial charge in [-0.05, 0) is 45.6 Å². The molecule has 0 bridgehead atoms. The van der Waals surface area contributed by atoms with E-state index in [1.807, 2.05) is 0 Å². The molecule has 1 saturated carbocycles. The van der Waals surface area contributed by atoms with Crippen LogP contribution < -0.4 is 10.6 Å². The number of hydrogen-bond acceptors (Lipinski definition) is 2. The zero-order chi connectivity index (χ0) is 12.3. The summed E-state index contributed by atoms with van der Waals surface area (Å²) >= 11 is 0. The van der Waals surface area contributed by atoms with Gasteiger partial charge in [-0.1, -0.05) is 19.3 Å². The second-order valence-corrected chi connectivity index (χ2v) is 5.83. The van der Waals surface area contributed by atoms with Crippen molar-refractivity contribution in [2.24, 2.45) is 11.8 Å². The van der Waals surface area contributed by atoms with Gasteiger partial charge in [-0.15, -0.1) is 0 Å². The van der Waals surface area contributed by atoms with E-state index in [-0.39, 0.29) is 11.8 Å². The summed E-state index contributed by atoms with van der Waals surface area (Å²) in [7, 11) is 0. The maximum absolute atomic E-state index is 12.2. The zero-order valence-electron chi connectivity index (χ0n) is 11.2. The van der Waals surface area contributed by atoms with Gasteiger partial charge in [-0.3, -0.25) is 4.79 Å². The molecule has 1 saturated heterocycles. The Morgan fingerprint density at radius 2 is 1.94 bits per heavy atom. The lowest BCUT2D eigenvalue weighted by molar-refractivity contribution is -0.126. The van der Waals surface area contributed by atoms with Crippen LogP contribution in [0.3, 0.4) is 0 Å².